The van der Waals surface area contributed by atoms with Gasteiger partial charge in [0.2, 0.25) is 0 Å². The number of thioether (sulfide) groups is 1. The first-order chi connectivity index (χ1) is 10.4. The maximum Gasteiger partial charge on any atom is 0.320 e. The molecule has 0 aliphatic rings. The highest BCUT2D eigenvalue weighted by atomic mass is 32.2. The van der Waals surface area contributed by atoms with Crippen LogP contribution in [0.4, 0.5) is 0 Å². The zero-order valence-corrected chi connectivity index (χ0v) is 14.7. The molecule has 0 bridgehead atoms. The van der Waals surface area contributed by atoms with Gasteiger partial charge in [-0.05, 0) is 31.3 Å². The van der Waals surface area contributed by atoms with Gasteiger partial charge in [-0.3, -0.25) is 14.4 Å². The minimum absolute atomic E-state index is 0.0208. The summed E-state index contributed by atoms with van der Waals surface area (Å²) in [5, 5.41) is 24.4. The third-order valence-corrected chi connectivity index (χ3v) is 2.99. The summed E-state index contributed by atoms with van der Waals surface area (Å²) in [5.74, 6) is -1.97. The molecule has 0 spiro atoms. The van der Waals surface area contributed by atoms with Gasteiger partial charge >= 0.3 is 17.9 Å². The number of rotatable bonds is 7. The van der Waals surface area contributed by atoms with E-state index in [4.69, 9.17) is 32.5 Å². The number of carbonyl (C=O) groups is 3. The summed E-state index contributed by atoms with van der Waals surface area (Å²) in [6, 6.07) is -2.13. The lowest BCUT2D eigenvalue weighted by atomic mass is 10.1. The number of aliphatic carboxylic acids is 3. The molecule has 9 N–H and O–H groups in total. The topological polar surface area (TPSA) is 190 Å². The van der Waals surface area contributed by atoms with Crippen molar-refractivity contribution in [1.82, 2.24) is 0 Å². The van der Waals surface area contributed by atoms with Crippen LogP contribution < -0.4 is 17.2 Å². The molecule has 0 saturated carbocycles. The number of carboxylic acid groups (broad SMARTS) is 3. The van der Waals surface area contributed by atoms with Crippen molar-refractivity contribution < 1.29 is 29.7 Å². The standard InChI is InChI=1S/C5H11NO2S.C5H11NO2.C3H7NO2/c1-9-3-2-4(6)5(7)8;1-3(2)4(6)5(7)8;1-2(4)3(5)6/h4H,2-3,6H2,1H3,(H,7,8);3-4H,6H2,1-2H3,(H,7,8);2H,4H2,1H3,(H,5,6). The molecule has 0 fully saturated rings. The van der Waals surface area contributed by atoms with Crippen molar-refractivity contribution in [3.05, 3.63) is 0 Å². The van der Waals surface area contributed by atoms with E-state index in [-0.39, 0.29) is 5.92 Å². The molecule has 0 heterocycles. The van der Waals surface area contributed by atoms with Gasteiger partial charge in [0, 0.05) is 0 Å². The molecule has 0 aromatic rings. The summed E-state index contributed by atoms with van der Waals surface area (Å²) in [7, 11) is 0. The Hall–Kier alpha value is -1.36. The summed E-state index contributed by atoms with van der Waals surface area (Å²) in [5.41, 5.74) is 15.2. The molecular weight excluding hydrogens is 326 g/mol. The molecule has 0 aromatic heterocycles. The SMILES string of the molecule is CC(C)C(N)C(=O)O.CC(N)C(=O)O.CSCCC(N)C(=O)O. The van der Waals surface area contributed by atoms with Crippen LogP contribution in [0.1, 0.15) is 27.2 Å². The van der Waals surface area contributed by atoms with E-state index < -0.39 is 36.0 Å². The van der Waals surface area contributed by atoms with Gasteiger partial charge in [-0.2, -0.15) is 11.8 Å². The van der Waals surface area contributed by atoms with E-state index in [1.54, 1.807) is 25.6 Å². The summed E-state index contributed by atoms with van der Waals surface area (Å²) in [4.78, 5) is 29.7. The molecule has 9 nitrogen and oxygen atoms in total. The molecule has 23 heavy (non-hydrogen) atoms. The van der Waals surface area contributed by atoms with Crippen LogP contribution >= 0.6 is 11.8 Å². The van der Waals surface area contributed by atoms with E-state index in [0.717, 1.165) is 5.75 Å². The largest absolute Gasteiger partial charge is 0.480 e. The van der Waals surface area contributed by atoms with Crippen molar-refractivity contribution in [1.29, 1.82) is 0 Å². The van der Waals surface area contributed by atoms with Gasteiger partial charge in [-0.25, -0.2) is 0 Å². The smallest absolute Gasteiger partial charge is 0.320 e. The number of carboxylic acids is 3. The monoisotopic (exact) mass is 355 g/mol. The highest BCUT2D eigenvalue weighted by Gasteiger charge is 2.14. The summed E-state index contributed by atoms with van der Waals surface area (Å²) in [6.07, 6.45) is 2.48. The van der Waals surface area contributed by atoms with Gasteiger partial charge in [-0.15, -0.1) is 0 Å². The molecule has 0 radical (unpaired) electrons. The summed E-state index contributed by atoms with van der Waals surface area (Å²) >= 11 is 1.60. The lowest BCUT2D eigenvalue weighted by Gasteiger charge is -2.07. The molecule has 3 atom stereocenters. The molecule has 0 amide bonds. The Kier molecular flexibility index (Phi) is 17.9. The second kappa shape index (κ2) is 15.5. The van der Waals surface area contributed by atoms with Crippen molar-refractivity contribution in [3.63, 3.8) is 0 Å². The predicted octanol–water partition coefficient (Wildman–Crippen LogP) is -0.376. The summed E-state index contributed by atoms with van der Waals surface area (Å²) in [6.45, 7) is 4.97. The fraction of sp³-hybridized carbons (Fsp3) is 0.769. The van der Waals surface area contributed by atoms with Crippen LogP contribution in [0.15, 0.2) is 0 Å². The van der Waals surface area contributed by atoms with E-state index in [1.165, 1.54) is 6.92 Å². The maximum absolute atomic E-state index is 10.1. The minimum atomic E-state index is -0.963. The number of nitrogens with two attached hydrogens (primary N) is 3. The zero-order chi connectivity index (χ0) is 19.2. The highest BCUT2D eigenvalue weighted by molar-refractivity contribution is 7.98. The Morgan fingerprint density at radius 3 is 1.43 bits per heavy atom. The first-order valence-corrected chi connectivity index (χ1v) is 8.21. The third-order valence-electron chi connectivity index (χ3n) is 2.34. The van der Waals surface area contributed by atoms with Crippen LogP contribution in [0.5, 0.6) is 0 Å². The molecule has 0 aromatic carbocycles. The van der Waals surface area contributed by atoms with Gasteiger partial charge in [0.15, 0.2) is 0 Å². The second-order valence-electron chi connectivity index (χ2n) is 4.96. The van der Waals surface area contributed by atoms with Gasteiger partial charge in [-0.1, -0.05) is 13.8 Å². The average Bonchev–Trinajstić information content (AvgIpc) is 2.44. The van der Waals surface area contributed by atoms with Crippen LogP contribution in [0.2, 0.25) is 0 Å². The normalized spacial score (nSPS) is 13.6. The van der Waals surface area contributed by atoms with Gasteiger partial charge in [0.05, 0.1) is 0 Å². The quantitative estimate of drug-likeness (QED) is 0.351. The van der Waals surface area contributed by atoms with Crippen molar-refractivity contribution >= 4 is 29.7 Å². The van der Waals surface area contributed by atoms with Gasteiger partial charge in [0.25, 0.3) is 0 Å². The molecule has 10 heteroatoms. The highest BCUT2D eigenvalue weighted by Crippen LogP contribution is 1.98. The zero-order valence-electron chi connectivity index (χ0n) is 13.9. The summed E-state index contributed by atoms with van der Waals surface area (Å²) < 4.78 is 0. The Balaban J connectivity index is -0.000000266. The van der Waals surface area contributed by atoms with E-state index >= 15 is 0 Å². The van der Waals surface area contributed by atoms with E-state index in [9.17, 15) is 14.4 Å². The van der Waals surface area contributed by atoms with Crippen molar-refractivity contribution in [3.8, 4) is 0 Å². The van der Waals surface area contributed by atoms with Crippen LogP contribution in [0, 0.1) is 5.92 Å². The van der Waals surface area contributed by atoms with E-state index in [2.05, 4.69) is 0 Å². The first kappa shape index (κ1) is 26.5. The number of hydrogen-bond donors (Lipinski definition) is 6. The molecule has 3 unspecified atom stereocenters. The molecule has 0 aliphatic heterocycles. The minimum Gasteiger partial charge on any atom is -0.480 e. The van der Waals surface area contributed by atoms with Crippen LogP contribution in [-0.4, -0.2) is 63.4 Å². The Bertz CT molecular complexity index is 353. The van der Waals surface area contributed by atoms with Crippen molar-refractivity contribution in [2.75, 3.05) is 12.0 Å². The Morgan fingerprint density at radius 1 is 0.913 bits per heavy atom. The third kappa shape index (κ3) is 20.6. The molecule has 0 aliphatic carbocycles. The van der Waals surface area contributed by atoms with Crippen LogP contribution in [0.25, 0.3) is 0 Å². The first-order valence-electron chi connectivity index (χ1n) is 6.82. The van der Waals surface area contributed by atoms with E-state index in [1.807, 2.05) is 6.26 Å². The fourth-order valence-electron chi connectivity index (χ4n) is 0.653. The number of hydrogen-bond acceptors (Lipinski definition) is 7. The Labute approximate surface area is 140 Å². The molecule has 138 valence electrons. The van der Waals surface area contributed by atoms with Crippen molar-refractivity contribution in [2.45, 2.75) is 45.3 Å². The lowest BCUT2D eigenvalue weighted by Crippen LogP contribution is -2.34. The van der Waals surface area contributed by atoms with Gasteiger partial charge in [0.1, 0.15) is 18.1 Å². The van der Waals surface area contributed by atoms with Crippen LogP contribution in [0.3, 0.4) is 0 Å². The lowest BCUT2D eigenvalue weighted by molar-refractivity contribution is -0.140. The predicted molar refractivity (Wildman–Crippen MR) is 90.3 cm³/mol. The van der Waals surface area contributed by atoms with Gasteiger partial charge < -0.3 is 32.5 Å². The van der Waals surface area contributed by atoms with Crippen molar-refractivity contribution in [2.24, 2.45) is 23.1 Å². The molecular formula is C13H29N3O6S. The second-order valence-corrected chi connectivity index (χ2v) is 5.95. The Morgan fingerprint density at radius 2 is 1.30 bits per heavy atom. The average molecular weight is 355 g/mol. The fourth-order valence-corrected chi connectivity index (χ4v) is 1.14. The van der Waals surface area contributed by atoms with Crippen LogP contribution in [-0.2, 0) is 14.4 Å². The van der Waals surface area contributed by atoms with E-state index in [0.29, 0.717) is 6.42 Å². The molecule has 0 saturated heterocycles. The molecule has 0 rings (SSSR count). The maximum atomic E-state index is 10.1.